The van der Waals surface area contributed by atoms with Crippen molar-refractivity contribution >= 4 is 26.3 Å². The molecule has 2 saturated heterocycles. The van der Waals surface area contributed by atoms with Crippen LogP contribution < -0.4 is 7.06 Å². The van der Waals surface area contributed by atoms with E-state index in [-0.39, 0.29) is 0 Å². The molecule has 2 heterocycles. The minimum absolute atomic E-state index is 0.557. The third-order valence-corrected chi connectivity index (χ3v) is 8.99. The van der Waals surface area contributed by atoms with Crippen LogP contribution in [-0.2, 0) is 9.53 Å². The maximum atomic E-state index is 12.6. The number of nitrogens with one attached hydrogen (secondary N) is 2. The Morgan fingerprint density at radius 3 is 1.87 bits per heavy atom. The van der Waals surface area contributed by atoms with Crippen molar-refractivity contribution in [3.8, 4) is 0 Å². The topological polar surface area (TPSA) is 90.4 Å². The zero-order valence-corrected chi connectivity index (χ0v) is 14.4. The van der Waals surface area contributed by atoms with Crippen LogP contribution in [0.1, 0.15) is 27.2 Å². The molecule has 0 aliphatic carbocycles. The van der Waals surface area contributed by atoms with Crippen LogP contribution in [0.25, 0.3) is 0 Å². The Morgan fingerprint density at radius 1 is 1.17 bits per heavy atom. The van der Waals surface area contributed by atoms with Gasteiger partial charge in [-0.05, 0) is 0 Å². The van der Waals surface area contributed by atoms with Crippen molar-refractivity contribution < 1.29 is 41.0 Å². The Bertz CT molecular complexity index is 501. The van der Waals surface area contributed by atoms with Crippen LogP contribution >= 0.6 is 20.4 Å². The molecule has 2 aliphatic heterocycles. The van der Waals surface area contributed by atoms with E-state index in [1.165, 1.54) is 13.8 Å². The van der Waals surface area contributed by atoms with Gasteiger partial charge in [-0.2, -0.15) is 0 Å². The molecule has 2 aliphatic rings. The second kappa shape index (κ2) is 5.08. The number of hydrogen-bond donors (Lipinski definition) is 3. The second-order valence-corrected chi connectivity index (χ2v) is 10.3. The van der Waals surface area contributed by atoms with Gasteiger partial charge in [0.25, 0.3) is 0 Å². The molecule has 0 aromatic rings. The standard InChI is InChI=1S/C11H15F6IN2O3/c1-5(4-8(22,9(12,13)14)10(15,16)17)23-6(21)7(2,3)11-18(19-11)20-11/h5,19-20,22H,4H2,1-3H3. The third-order valence-electron chi connectivity index (χ3n) is 3.86. The molecule has 136 valence electrons. The van der Waals surface area contributed by atoms with Gasteiger partial charge in [-0.3, -0.25) is 0 Å². The van der Waals surface area contributed by atoms with E-state index >= 15 is 0 Å². The van der Waals surface area contributed by atoms with Crippen LogP contribution in [0.15, 0.2) is 0 Å². The van der Waals surface area contributed by atoms with E-state index in [4.69, 9.17) is 9.84 Å². The number of halogens is 7. The fraction of sp³-hybridized carbons (Fsp3) is 0.909. The first-order valence-electron chi connectivity index (χ1n) is 6.41. The molecule has 0 radical (unpaired) electrons. The van der Waals surface area contributed by atoms with Crippen molar-refractivity contribution in [2.45, 2.75) is 54.9 Å². The van der Waals surface area contributed by atoms with Crippen molar-refractivity contribution in [1.29, 1.82) is 0 Å². The SMILES string of the molecule is CC(CC(O)(C(F)(F)F)C(F)(F)F)OC(=O)C(C)(C)C12NI1N2. The number of aliphatic hydroxyl groups is 1. The Morgan fingerprint density at radius 2 is 1.57 bits per heavy atom. The van der Waals surface area contributed by atoms with Crippen molar-refractivity contribution in [2.24, 2.45) is 5.41 Å². The molecule has 1 atom stereocenters. The van der Waals surface area contributed by atoms with E-state index in [0.29, 0.717) is 0 Å². The Kier molecular flexibility index (Phi) is 4.19. The maximum absolute atomic E-state index is 12.6. The first-order valence-corrected chi connectivity index (χ1v) is 9.64. The van der Waals surface area contributed by atoms with Gasteiger partial charge < -0.3 is 0 Å². The summed E-state index contributed by atoms with van der Waals surface area (Å²) in [5.74, 6) is -0.922. The van der Waals surface area contributed by atoms with E-state index in [0.717, 1.165) is 6.92 Å². The zero-order chi connectivity index (χ0) is 18.1. The van der Waals surface area contributed by atoms with E-state index in [1.54, 1.807) is 0 Å². The van der Waals surface area contributed by atoms with Crippen LogP contribution in [0.4, 0.5) is 26.3 Å². The summed E-state index contributed by atoms with van der Waals surface area (Å²) in [6.07, 6.45) is -15.5. The van der Waals surface area contributed by atoms with Gasteiger partial charge in [-0.15, -0.1) is 0 Å². The van der Waals surface area contributed by atoms with Crippen LogP contribution in [0.2, 0.25) is 0 Å². The van der Waals surface area contributed by atoms with Gasteiger partial charge in [-0.25, -0.2) is 0 Å². The van der Waals surface area contributed by atoms with Crippen molar-refractivity contribution in [1.82, 2.24) is 7.06 Å². The van der Waals surface area contributed by atoms with Gasteiger partial charge in [0.1, 0.15) is 0 Å². The molecule has 23 heavy (non-hydrogen) atoms. The van der Waals surface area contributed by atoms with E-state index in [1.807, 2.05) is 0 Å². The zero-order valence-electron chi connectivity index (χ0n) is 12.2. The van der Waals surface area contributed by atoms with Crippen molar-refractivity contribution in [3.63, 3.8) is 0 Å². The predicted octanol–water partition coefficient (Wildman–Crippen LogP) is 2.39. The summed E-state index contributed by atoms with van der Waals surface area (Å²) >= 11 is -1.56. The summed E-state index contributed by atoms with van der Waals surface area (Å²) in [7, 11) is 0. The molecule has 2 fully saturated rings. The molecule has 0 amide bonds. The Hall–Kier alpha value is -0.340. The summed E-state index contributed by atoms with van der Waals surface area (Å²) in [6.45, 7) is 3.86. The van der Waals surface area contributed by atoms with Crippen LogP contribution in [-0.4, -0.2) is 38.8 Å². The summed E-state index contributed by atoms with van der Waals surface area (Å²) in [4.78, 5) is 12.1. The molecule has 3 N–H and O–H groups in total. The molecule has 0 aromatic carbocycles. The quantitative estimate of drug-likeness (QED) is 0.111. The normalized spacial score (nSPS) is 23.1. The number of hydrogen-bond acceptors (Lipinski definition) is 5. The number of rotatable bonds is 5. The number of alkyl halides is 7. The average Bonchev–Trinajstić information content (AvgIpc) is 3.12. The van der Waals surface area contributed by atoms with Gasteiger partial charge in [0.05, 0.1) is 0 Å². The van der Waals surface area contributed by atoms with E-state index in [2.05, 4.69) is 7.06 Å². The number of esters is 1. The number of ether oxygens (including phenoxy) is 1. The van der Waals surface area contributed by atoms with Crippen molar-refractivity contribution in [3.05, 3.63) is 0 Å². The first-order chi connectivity index (χ1) is 10.1. The number of carbonyl (C=O) groups is 1. The van der Waals surface area contributed by atoms with Gasteiger partial charge >= 0.3 is 135 Å². The van der Waals surface area contributed by atoms with Crippen LogP contribution in [0.5, 0.6) is 0 Å². The molecule has 12 heteroatoms. The number of fused-ring (bicyclic) bond motifs is 1. The third kappa shape index (κ3) is 2.91. The van der Waals surface area contributed by atoms with Gasteiger partial charge in [-0.1, -0.05) is 0 Å². The molecule has 2 rings (SSSR count). The first kappa shape index (κ1) is 19.0. The molecule has 5 nitrogen and oxygen atoms in total. The molecule has 0 saturated carbocycles. The molecule has 0 aromatic heterocycles. The molecular formula is C11H15F6IN2O3. The van der Waals surface area contributed by atoms with Gasteiger partial charge in [0.15, 0.2) is 0 Å². The number of carbonyl (C=O) groups excluding carboxylic acids is 1. The molecule has 1 unspecified atom stereocenters. The predicted molar refractivity (Wildman–Crippen MR) is 74.0 cm³/mol. The summed E-state index contributed by atoms with van der Waals surface area (Å²) in [5, 5.41) is 9.09. The minimum atomic E-state index is -5.94. The van der Waals surface area contributed by atoms with Crippen LogP contribution in [0, 0.1) is 5.41 Å². The second-order valence-electron chi connectivity index (χ2n) is 6.03. The fourth-order valence-corrected chi connectivity index (χ4v) is 7.58. The summed E-state index contributed by atoms with van der Waals surface area (Å²) < 4.78 is 85.9. The van der Waals surface area contributed by atoms with Gasteiger partial charge in [0.2, 0.25) is 0 Å². The molecule has 0 bridgehead atoms. The molecule has 0 spiro atoms. The molecular weight excluding hydrogens is 449 g/mol. The van der Waals surface area contributed by atoms with Gasteiger partial charge in [0, 0.05) is 0 Å². The Labute approximate surface area is 135 Å². The van der Waals surface area contributed by atoms with E-state index in [9.17, 15) is 31.1 Å². The van der Waals surface area contributed by atoms with Crippen LogP contribution in [0.3, 0.4) is 0 Å². The summed E-state index contributed by atoms with van der Waals surface area (Å²) in [5.41, 5.74) is -6.04. The summed E-state index contributed by atoms with van der Waals surface area (Å²) in [6, 6.07) is 0. The average molecular weight is 464 g/mol. The monoisotopic (exact) mass is 464 g/mol. The Balaban J connectivity index is 2.05. The van der Waals surface area contributed by atoms with E-state index < -0.39 is 65.9 Å². The fourth-order valence-electron chi connectivity index (χ4n) is 2.02. The van der Waals surface area contributed by atoms with Crippen molar-refractivity contribution in [2.75, 3.05) is 0 Å².